The van der Waals surface area contributed by atoms with Crippen LogP contribution >= 0.6 is 23.5 Å². The summed E-state index contributed by atoms with van der Waals surface area (Å²) in [5.41, 5.74) is -0.540. The van der Waals surface area contributed by atoms with Crippen LogP contribution < -0.4 is 10.6 Å². The second-order valence-electron chi connectivity index (χ2n) is 10.0. The number of hydrogen-bond acceptors (Lipinski definition) is 9. The van der Waals surface area contributed by atoms with Gasteiger partial charge in [-0.15, -0.1) is 0 Å². The summed E-state index contributed by atoms with van der Waals surface area (Å²) in [7, 11) is 0. The molecule has 0 rings (SSSR count). The first-order chi connectivity index (χ1) is 18.3. The third-order valence-corrected chi connectivity index (χ3v) is 7.61. The van der Waals surface area contributed by atoms with Gasteiger partial charge in [-0.1, -0.05) is 20.8 Å². The Kier molecular flexibility index (Phi) is 20.2. The zero-order valence-corrected chi connectivity index (χ0v) is 26.1. The van der Waals surface area contributed by atoms with Crippen molar-refractivity contribution >= 4 is 47.3 Å². The molecular formula is C26H50N4O7S2. The molecule has 39 heavy (non-hydrogen) atoms. The number of aliphatic hydroxyl groups excluding tert-OH is 1. The molecule has 4 amide bonds. The van der Waals surface area contributed by atoms with Crippen molar-refractivity contribution in [2.24, 2.45) is 5.92 Å². The molecule has 0 aromatic heterocycles. The van der Waals surface area contributed by atoms with E-state index in [-0.39, 0.29) is 30.1 Å². The third-order valence-electron chi connectivity index (χ3n) is 5.39. The van der Waals surface area contributed by atoms with E-state index in [1.807, 2.05) is 34.6 Å². The maximum Gasteiger partial charge on any atom is 0.407 e. The molecule has 0 saturated heterocycles. The molecule has 0 heterocycles. The highest BCUT2D eigenvalue weighted by molar-refractivity contribution is 7.99. The quantitative estimate of drug-likeness (QED) is 0.123. The number of rotatable bonds is 20. The molecule has 0 radical (unpaired) electrons. The summed E-state index contributed by atoms with van der Waals surface area (Å²) in [5.74, 6) is 2.14. The number of ether oxygens (including phenoxy) is 1. The van der Waals surface area contributed by atoms with Gasteiger partial charge in [0, 0.05) is 81.7 Å². The van der Waals surface area contributed by atoms with Gasteiger partial charge in [0.15, 0.2) is 6.29 Å². The second kappa shape index (κ2) is 21.1. The first kappa shape index (κ1) is 37.3. The van der Waals surface area contributed by atoms with Crippen LogP contribution in [0.3, 0.4) is 0 Å². The highest BCUT2D eigenvalue weighted by Gasteiger charge is 2.18. The molecule has 11 nitrogen and oxygen atoms in total. The van der Waals surface area contributed by atoms with Crippen LogP contribution in [0.4, 0.5) is 4.79 Å². The second-order valence-corrected chi connectivity index (χ2v) is 12.4. The number of alkyl carbamates (subject to hydrolysis) is 1. The Balaban J connectivity index is 4.54. The smallest absolute Gasteiger partial charge is 0.407 e. The van der Waals surface area contributed by atoms with Crippen LogP contribution in [-0.2, 0) is 19.1 Å². The van der Waals surface area contributed by atoms with E-state index in [1.54, 1.807) is 28.5 Å². The first-order valence-electron chi connectivity index (χ1n) is 13.6. The number of carbonyl (C=O) groups excluding carboxylic acids is 4. The largest absolute Gasteiger partial charge is 0.444 e. The van der Waals surface area contributed by atoms with Crippen molar-refractivity contribution in [2.45, 2.75) is 72.7 Å². The number of thioether (sulfide) groups is 2. The van der Waals surface area contributed by atoms with Crippen molar-refractivity contribution in [3.8, 4) is 0 Å². The first-order valence-corrected chi connectivity index (χ1v) is 15.9. The lowest BCUT2D eigenvalue weighted by molar-refractivity contribution is -0.134. The number of nitrogens with one attached hydrogen (secondary N) is 2. The summed E-state index contributed by atoms with van der Waals surface area (Å²) >= 11 is 3.11. The van der Waals surface area contributed by atoms with E-state index in [1.165, 1.54) is 11.8 Å². The molecule has 0 fully saturated rings. The molecule has 0 aliphatic rings. The van der Waals surface area contributed by atoms with Gasteiger partial charge in [-0.25, -0.2) is 4.79 Å². The van der Waals surface area contributed by atoms with Crippen molar-refractivity contribution in [2.75, 3.05) is 62.3 Å². The Bertz CT molecular complexity index is 736. The number of hydrogen-bond donors (Lipinski definition) is 4. The van der Waals surface area contributed by atoms with Crippen LogP contribution in [0.5, 0.6) is 0 Å². The maximum atomic E-state index is 12.5. The summed E-state index contributed by atoms with van der Waals surface area (Å²) in [5, 5.41) is 23.4. The zero-order chi connectivity index (χ0) is 29.8. The predicted octanol–water partition coefficient (Wildman–Crippen LogP) is 1.91. The van der Waals surface area contributed by atoms with Crippen LogP contribution in [0.25, 0.3) is 0 Å². The fraction of sp³-hybridized carbons (Fsp3) is 0.846. The highest BCUT2D eigenvalue weighted by atomic mass is 32.2. The van der Waals surface area contributed by atoms with Gasteiger partial charge >= 0.3 is 6.09 Å². The number of nitrogens with zero attached hydrogens (tertiary/aromatic N) is 2. The molecule has 0 spiro atoms. The normalized spacial score (nSPS) is 12.1. The van der Waals surface area contributed by atoms with Gasteiger partial charge in [-0.05, 0) is 26.5 Å². The Morgan fingerprint density at radius 1 is 0.821 bits per heavy atom. The van der Waals surface area contributed by atoms with E-state index < -0.39 is 18.0 Å². The lowest BCUT2D eigenvalue weighted by Gasteiger charge is -2.28. The number of amides is 4. The molecule has 0 bridgehead atoms. The van der Waals surface area contributed by atoms with Crippen molar-refractivity contribution in [1.29, 1.82) is 0 Å². The molecule has 0 aromatic rings. The van der Waals surface area contributed by atoms with E-state index in [0.717, 1.165) is 0 Å². The molecule has 0 saturated carbocycles. The summed E-state index contributed by atoms with van der Waals surface area (Å²) in [6.45, 7) is 13.3. The maximum absolute atomic E-state index is 12.5. The van der Waals surface area contributed by atoms with E-state index >= 15 is 0 Å². The van der Waals surface area contributed by atoms with E-state index in [4.69, 9.17) is 14.9 Å². The van der Waals surface area contributed by atoms with Crippen molar-refractivity contribution in [1.82, 2.24) is 20.4 Å². The van der Waals surface area contributed by atoms with Gasteiger partial charge in [0.2, 0.25) is 17.7 Å². The van der Waals surface area contributed by atoms with Crippen molar-refractivity contribution < 1.29 is 34.1 Å². The zero-order valence-electron chi connectivity index (χ0n) is 24.5. The summed E-state index contributed by atoms with van der Waals surface area (Å²) in [6, 6.07) is 0. The van der Waals surface area contributed by atoms with Crippen LogP contribution in [0.2, 0.25) is 0 Å². The average molecular weight is 595 g/mol. The van der Waals surface area contributed by atoms with Gasteiger partial charge in [-0.2, -0.15) is 23.5 Å². The number of carbonyl (C=O) groups is 4. The SMILES string of the molecule is CCC(=O)N(CCNC(=O)C(C)CSCCC(O)O)CCN(CCSCCNC(=O)OC(C)(C)C)C(=O)CC. The molecule has 1 unspecified atom stereocenters. The fourth-order valence-electron chi connectivity index (χ4n) is 3.24. The van der Waals surface area contributed by atoms with E-state index in [9.17, 15) is 19.2 Å². The molecule has 13 heteroatoms. The Morgan fingerprint density at radius 3 is 1.95 bits per heavy atom. The minimum Gasteiger partial charge on any atom is -0.444 e. The summed E-state index contributed by atoms with van der Waals surface area (Å²) < 4.78 is 5.21. The lowest BCUT2D eigenvalue weighted by atomic mass is 10.2. The minimum absolute atomic E-state index is 0.0136. The van der Waals surface area contributed by atoms with Crippen LogP contribution in [0.1, 0.15) is 60.8 Å². The Labute approximate surface area is 242 Å². The third kappa shape index (κ3) is 19.9. The van der Waals surface area contributed by atoms with Gasteiger partial charge in [0.1, 0.15) is 5.60 Å². The topological polar surface area (TPSA) is 149 Å². The number of aliphatic hydroxyl groups is 2. The molecular weight excluding hydrogens is 544 g/mol. The van der Waals surface area contributed by atoms with Gasteiger partial charge in [-0.3, -0.25) is 14.4 Å². The Morgan fingerprint density at radius 2 is 1.41 bits per heavy atom. The van der Waals surface area contributed by atoms with Crippen molar-refractivity contribution in [3.05, 3.63) is 0 Å². The average Bonchev–Trinajstić information content (AvgIpc) is 2.86. The molecule has 0 aliphatic heterocycles. The van der Waals surface area contributed by atoms with Crippen LogP contribution in [0, 0.1) is 5.92 Å². The van der Waals surface area contributed by atoms with E-state index in [0.29, 0.717) is 75.1 Å². The highest BCUT2D eigenvalue weighted by Crippen LogP contribution is 2.11. The van der Waals surface area contributed by atoms with Crippen LogP contribution in [-0.4, -0.2) is 118 Å². The summed E-state index contributed by atoms with van der Waals surface area (Å²) in [6.07, 6.45) is -0.821. The van der Waals surface area contributed by atoms with Gasteiger partial charge in [0.25, 0.3) is 0 Å². The molecule has 228 valence electrons. The molecule has 0 aliphatic carbocycles. The fourth-order valence-corrected chi connectivity index (χ4v) is 5.09. The van der Waals surface area contributed by atoms with Crippen molar-refractivity contribution in [3.63, 3.8) is 0 Å². The molecule has 4 N–H and O–H groups in total. The minimum atomic E-state index is -1.33. The van der Waals surface area contributed by atoms with Crippen LogP contribution in [0.15, 0.2) is 0 Å². The predicted molar refractivity (Wildman–Crippen MR) is 158 cm³/mol. The van der Waals surface area contributed by atoms with Gasteiger partial charge in [0.05, 0.1) is 0 Å². The molecule has 0 aromatic carbocycles. The molecule has 1 atom stereocenters. The lowest BCUT2D eigenvalue weighted by Crippen LogP contribution is -2.45. The monoisotopic (exact) mass is 594 g/mol. The summed E-state index contributed by atoms with van der Waals surface area (Å²) in [4.78, 5) is 52.5. The van der Waals surface area contributed by atoms with Gasteiger partial charge < -0.3 is 35.4 Å². The standard InChI is InChI=1S/C26H50N4O7S2/c1-7-21(31)29(12-10-27-24(35)20(3)19-39-16-9-23(33)34)13-14-30(22(32)8-2)15-18-38-17-11-28-25(36)37-26(4,5)6/h20,23,33-34H,7-19H2,1-6H3,(H,27,35)(H,28,36). The Hall–Kier alpha value is -1.70. The van der Waals surface area contributed by atoms with E-state index in [2.05, 4.69) is 10.6 Å².